The molecule has 0 saturated heterocycles. The van der Waals surface area contributed by atoms with Crippen molar-refractivity contribution in [2.45, 2.75) is 269 Å². The van der Waals surface area contributed by atoms with Gasteiger partial charge in [-0.3, -0.25) is 0 Å². The van der Waals surface area contributed by atoms with Crippen LogP contribution in [0.25, 0.3) is 21.5 Å². The van der Waals surface area contributed by atoms with Gasteiger partial charge < -0.3 is 9.11 Å². The van der Waals surface area contributed by atoms with Crippen LogP contribution in [-0.4, -0.2) is 74.8 Å². The predicted molar refractivity (Wildman–Crippen MR) is 295 cm³/mol. The van der Waals surface area contributed by atoms with Gasteiger partial charge in [-0.1, -0.05) is 244 Å². The molecule has 0 aliphatic carbocycles. The molecule has 6 nitrogen and oxygen atoms in total. The summed E-state index contributed by atoms with van der Waals surface area (Å²) in [6.07, 6.45) is 45.2. The normalized spacial score (nSPS) is 11.8. The van der Waals surface area contributed by atoms with Crippen molar-refractivity contribution in [2.24, 2.45) is 0 Å². The minimum Gasteiger partial charge on any atom is -0.744 e. The summed E-state index contributed by atoms with van der Waals surface area (Å²) in [5.74, 6) is 0. The molecule has 0 spiro atoms. The van der Waals surface area contributed by atoms with E-state index in [9.17, 15) is 25.9 Å². The van der Waals surface area contributed by atoms with Gasteiger partial charge in [0.05, 0.1) is 9.79 Å². The van der Waals surface area contributed by atoms with Crippen molar-refractivity contribution in [1.82, 2.24) is 0 Å². The van der Waals surface area contributed by atoms with Gasteiger partial charge in [-0.15, -0.1) is 0 Å². The Morgan fingerprint density at radius 1 is 0.319 bits per heavy atom. The molecule has 0 unspecified atom stereocenters. The van der Waals surface area contributed by atoms with Crippen LogP contribution in [0.1, 0.15) is 255 Å². The number of hydrogen-bond acceptors (Lipinski definition) is 6. The molecule has 0 N–H and O–H groups in total. The largest absolute Gasteiger partial charge is 2.00 e. The minimum absolute atomic E-state index is 0. The van der Waals surface area contributed by atoms with E-state index < -0.39 is 20.2 Å². The molecule has 0 bridgehead atoms. The summed E-state index contributed by atoms with van der Waals surface area (Å²) in [4.78, 5) is -0.165. The summed E-state index contributed by atoms with van der Waals surface area (Å²) in [6.45, 7) is 9.00. The van der Waals surface area contributed by atoms with E-state index in [2.05, 4.69) is 39.8 Å². The zero-order chi connectivity index (χ0) is 49.3. The third-order valence-corrected chi connectivity index (χ3v) is 15.8. The number of fused-ring (bicyclic) bond motifs is 2. The van der Waals surface area contributed by atoms with Gasteiger partial charge in [-0.05, 0) is 119 Å². The first kappa shape index (κ1) is 63.9. The Bertz CT molecular complexity index is 2030. The average molecular weight is 1110 g/mol. The van der Waals surface area contributed by atoms with Gasteiger partial charge >= 0.3 is 48.9 Å². The van der Waals surface area contributed by atoms with E-state index in [0.29, 0.717) is 10.8 Å². The molecule has 0 fully saturated rings. The fraction of sp³-hybridized carbons (Fsp3) is 0.667. The van der Waals surface area contributed by atoms with Crippen LogP contribution < -0.4 is 0 Å². The van der Waals surface area contributed by atoms with Gasteiger partial charge in [0, 0.05) is 0 Å². The predicted octanol–water partition coefficient (Wildman–Crippen LogP) is 17.8. The van der Waals surface area contributed by atoms with E-state index in [0.717, 1.165) is 49.3 Å². The van der Waals surface area contributed by atoms with Gasteiger partial charge in [-0.25, -0.2) is 16.8 Å². The Kier molecular flexibility index (Phi) is 35.5. The summed E-state index contributed by atoms with van der Waals surface area (Å²) in [7, 11) is -8.97. The number of hydrogen-bond donors (Lipinski definition) is 0. The van der Waals surface area contributed by atoms with Crippen LogP contribution in [0.3, 0.4) is 0 Å². The summed E-state index contributed by atoms with van der Waals surface area (Å²) >= 11 is 0. The molecule has 0 saturated carbocycles. The molecular weight excluding hydrogens is 1020 g/mol. The number of benzene rings is 4. The Morgan fingerprint density at radius 3 is 0.768 bits per heavy atom. The fourth-order valence-electron chi connectivity index (χ4n) is 9.94. The average Bonchev–Trinajstić information content (AvgIpc) is 3.31. The van der Waals surface area contributed by atoms with Crippen molar-refractivity contribution in [2.75, 3.05) is 0 Å². The summed E-state index contributed by atoms with van der Waals surface area (Å²) < 4.78 is 71.0. The molecule has 4 aromatic carbocycles. The van der Waals surface area contributed by atoms with E-state index in [1.54, 1.807) is 12.1 Å². The van der Waals surface area contributed by atoms with Gasteiger partial charge in [0.1, 0.15) is 20.2 Å². The first-order valence-electron chi connectivity index (χ1n) is 27.9. The second kappa shape index (κ2) is 38.4. The standard InChI is InChI=1S/2C30H48O3S.Ba/c2*1-3-5-7-9-11-13-15-17-20-26-24-28-22-19-23-30(34(31,32)33)29(28)25-27(26)21-18-16-14-12-10-8-6-4-2;/h2*19,22-25H,3-18,20-21H2,1-2H3,(H,31,32,33);/q;;+2/p-2. The molecule has 0 aliphatic heterocycles. The number of unbranched alkanes of at least 4 members (excludes halogenated alkanes) is 28. The molecule has 0 heterocycles. The molecule has 0 aromatic heterocycles. The fourth-order valence-corrected chi connectivity index (χ4v) is 11.3. The third-order valence-electron chi connectivity index (χ3n) is 14.1. The van der Waals surface area contributed by atoms with Crippen molar-refractivity contribution in [3.05, 3.63) is 82.9 Å². The van der Waals surface area contributed by atoms with Crippen molar-refractivity contribution < 1.29 is 25.9 Å². The molecule has 0 amide bonds. The topological polar surface area (TPSA) is 114 Å². The van der Waals surface area contributed by atoms with Crippen LogP contribution in [-0.2, 0) is 45.9 Å². The van der Waals surface area contributed by atoms with Crippen LogP contribution in [0, 0.1) is 0 Å². The summed E-state index contributed by atoms with van der Waals surface area (Å²) in [5.41, 5.74) is 5.14. The van der Waals surface area contributed by atoms with E-state index in [1.165, 1.54) is 227 Å². The van der Waals surface area contributed by atoms with E-state index >= 15 is 0 Å². The minimum atomic E-state index is -4.48. The quantitative estimate of drug-likeness (QED) is 0.0251. The molecule has 0 radical (unpaired) electrons. The smallest absolute Gasteiger partial charge is 0.744 e. The summed E-state index contributed by atoms with van der Waals surface area (Å²) in [5, 5.41) is 2.91. The maximum absolute atomic E-state index is 11.8. The molecule has 0 aliphatic rings. The van der Waals surface area contributed by atoms with E-state index in [1.807, 2.05) is 24.3 Å². The Morgan fingerprint density at radius 2 is 0.536 bits per heavy atom. The third kappa shape index (κ3) is 26.5. The molecule has 9 heteroatoms. The number of rotatable bonds is 38. The SMILES string of the molecule is CCCCCCCCCCc1cc2cccc(S(=O)(=O)[O-])c2cc1CCCCCCCCCC.CCCCCCCCCCc1cc2cccc(S(=O)(=O)[O-])c2cc1CCCCCCCCCC.[Ba+2]. The van der Waals surface area contributed by atoms with Gasteiger partial charge in [0.15, 0.2) is 0 Å². The molecule has 384 valence electrons. The van der Waals surface area contributed by atoms with Crippen LogP contribution >= 0.6 is 0 Å². The van der Waals surface area contributed by atoms with Gasteiger partial charge in [0.25, 0.3) is 0 Å². The van der Waals surface area contributed by atoms with Gasteiger partial charge in [0.2, 0.25) is 0 Å². The van der Waals surface area contributed by atoms with E-state index in [-0.39, 0.29) is 58.7 Å². The van der Waals surface area contributed by atoms with Gasteiger partial charge in [-0.2, -0.15) is 0 Å². The van der Waals surface area contributed by atoms with Crippen LogP contribution in [0.5, 0.6) is 0 Å². The molecule has 4 aromatic rings. The molecule has 4 rings (SSSR count). The molecule has 0 atom stereocenters. The van der Waals surface area contributed by atoms with Crippen molar-refractivity contribution >= 4 is 90.7 Å². The maximum Gasteiger partial charge on any atom is 2.00 e. The maximum atomic E-state index is 11.8. The second-order valence-corrected chi connectivity index (χ2v) is 22.7. The van der Waals surface area contributed by atoms with Crippen LogP contribution in [0.4, 0.5) is 0 Å². The van der Waals surface area contributed by atoms with Crippen molar-refractivity contribution in [1.29, 1.82) is 0 Å². The molecular formula is C60H94BaO6S2. The Labute approximate surface area is 463 Å². The second-order valence-electron chi connectivity index (χ2n) is 20.0. The monoisotopic (exact) mass is 1110 g/mol. The molecule has 69 heavy (non-hydrogen) atoms. The first-order valence-corrected chi connectivity index (χ1v) is 30.8. The van der Waals surface area contributed by atoms with Crippen LogP contribution in [0.2, 0.25) is 0 Å². The summed E-state index contributed by atoms with van der Waals surface area (Å²) in [6, 6.07) is 18.4. The zero-order valence-corrected chi connectivity index (χ0v) is 50.3. The van der Waals surface area contributed by atoms with E-state index in [4.69, 9.17) is 0 Å². The Balaban J connectivity index is 0.000000467. The van der Waals surface area contributed by atoms with Crippen molar-refractivity contribution in [3.8, 4) is 0 Å². The van der Waals surface area contributed by atoms with Crippen molar-refractivity contribution in [3.63, 3.8) is 0 Å². The first-order chi connectivity index (χ1) is 32.9. The number of aryl methyl sites for hydroxylation is 4. The Hall–Kier alpha value is -1.21. The zero-order valence-electron chi connectivity index (χ0n) is 44.2. The van der Waals surface area contributed by atoms with Crippen LogP contribution in [0.15, 0.2) is 70.5 Å².